The lowest BCUT2D eigenvalue weighted by Gasteiger charge is -2.13. The van der Waals surface area contributed by atoms with Crippen LogP contribution in [0, 0.1) is 13.8 Å². The van der Waals surface area contributed by atoms with Crippen LogP contribution in [0.3, 0.4) is 0 Å². The fraction of sp³-hybridized carbons (Fsp3) is 0.500. The van der Waals surface area contributed by atoms with E-state index >= 15 is 0 Å². The van der Waals surface area contributed by atoms with Crippen molar-refractivity contribution in [3.05, 3.63) is 28.8 Å². The van der Waals surface area contributed by atoms with Crippen LogP contribution in [0.2, 0.25) is 0 Å². The topological polar surface area (TPSA) is 64.3 Å². The Kier molecular flexibility index (Phi) is 5.65. The second-order valence-electron chi connectivity index (χ2n) is 4.43. The lowest BCUT2D eigenvalue weighted by Crippen LogP contribution is -2.24. The van der Waals surface area contributed by atoms with Gasteiger partial charge in [-0.25, -0.2) is 0 Å². The van der Waals surface area contributed by atoms with Crippen LogP contribution in [0.5, 0.6) is 5.75 Å². The van der Waals surface area contributed by atoms with Crippen LogP contribution in [0.4, 0.5) is 0 Å². The van der Waals surface area contributed by atoms with Crippen LogP contribution < -0.4 is 15.8 Å². The lowest BCUT2D eigenvalue weighted by atomic mass is 10.0. The molecule has 3 N–H and O–H groups in total. The zero-order chi connectivity index (χ0) is 13.5. The number of nitrogens with one attached hydrogen (secondary N) is 1. The highest BCUT2D eigenvalue weighted by Gasteiger charge is 2.09. The van der Waals surface area contributed by atoms with Crippen molar-refractivity contribution in [3.63, 3.8) is 0 Å². The molecule has 1 aromatic carbocycles. The molecular weight excluding hydrogens is 228 g/mol. The van der Waals surface area contributed by atoms with Crippen molar-refractivity contribution in [1.82, 2.24) is 5.32 Å². The van der Waals surface area contributed by atoms with Crippen molar-refractivity contribution in [1.29, 1.82) is 0 Å². The van der Waals surface area contributed by atoms with Crippen LogP contribution in [0.15, 0.2) is 12.1 Å². The SMILES string of the molecule is COc1cc(C)cc(C)c1CNC(=O)CCCN. The van der Waals surface area contributed by atoms with Crippen LogP contribution in [0.25, 0.3) is 0 Å². The molecule has 0 aromatic heterocycles. The van der Waals surface area contributed by atoms with E-state index in [2.05, 4.69) is 11.4 Å². The van der Waals surface area contributed by atoms with Crippen molar-refractivity contribution < 1.29 is 9.53 Å². The second-order valence-corrected chi connectivity index (χ2v) is 4.43. The minimum Gasteiger partial charge on any atom is -0.496 e. The summed E-state index contributed by atoms with van der Waals surface area (Å²) in [6.45, 7) is 5.09. The van der Waals surface area contributed by atoms with E-state index < -0.39 is 0 Å². The molecule has 18 heavy (non-hydrogen) atoms. The molecule has 0 aliphatic carbocycles. The molecule has 1 rings (SSSR count). The molecule has 1 amide bonds. The quantitative estimate of drug-likeness (QED) is 0.807. The Morgan fingerprint density at radius 1 is 1.39 bits per heavy atom. The minimum atomic E-state index is 0.0301. The third-order valence-corrected chi connectivity index (χ3v) is 2.87. The number of methoxy groups -OCH3 is 1. The van der Waals surface area contributed by atoms with Gasteiger partial charge < -0.3 is 15.8 Å². The lowest BCUT2D eigenvalue weighted by molar-refractivity contribution is -0.121. The van der Waals surface area contributed by atoms with E-state index in [1.54, 1.807) is 7.11 Å². The van der Waals surface area contributed by atoms with Gasteiger partial charge in [-0.2, -0.15) is 0 Å². The predicted molar refractivity (Wildman–Crippen MR) is 72.6 cm³/mol. The molecule has 100 valence electrons. The molecule has 0 unspecified atom stereocenters. The molecule has 0 fully saturated rings. The first-order chi connectivity index (χ1) is 8.58. The molecule has 4 heteroatoms. The Morgan fingerprint density at radius 2 is 2.11 bits per heavy atom. The Morgan fingerprint density at radius 3 is 2.72 bits per heavy atom. The first-order valence-corrected chi connectivity index (χ1v) is 6.19. The van der Waals surface area contributed by atoms with Gasteiger partial charge in [0.2, 0.25) is 5.91 Å². The summed E-state index contributed by atoms with van der Waals surface area (Å²) in [4.78, 5) is 11.5. The number of hydrogen-bond acceptors (Lipinski definition) is 3. The van der Waals surface area contributed by atoms with Gasteiger partial charge in [-0.3, -0.25) is 4.79 Å². The average Bonchev–Trinajstić information content (AvgIpc) is 2.34. The number of benzene rings is 1. The molecule has 0 saturated heterocycles. The predicted octanol–water partition coefficient (Wildman–Crippen LogP) is 1.67. The Balaban J connectivity index is 2.69. The second kappa shape index (κ2) is 7.01. The van der Waals surface area contributed by atoms with E-state index in [4.69, 9.17) is 10.5 Å². The molecule has 0 saturated carbocycles. The summed E-state index contributed by atoms with van der Waals surface area (Å²) in [5.74, 6) is 0.856. The Bertz CT molecular complexity index is 417. The first-order valence-electron chi connectivity index (χ1n) is 6.19. The standard InChI is InChI=1S/C14H22N2O2/c1-10-7-11(2)12(13(8-10)18-3)9-16-14(17)5-4-6-15/h7-8H,4-6,9,15H2,1-3H3,(H,16,17). The average molecular weight is 250 g/mol. The molecule has 0 aliphatic rings. The molecule has 4 nitrogen and oxygen atoms in total. The summed E-state index contributed by atoms with van der Waals surface area (Å²) in [7, 11) is 1.65. The van der Waals surface area contributed by atoms with Gasteiger partial charge in [0, 0.05) is 18.5 Å². The van der Waals surface area contributed by atoms with E-state index in [1.165, 1.54) is 0 Å². The molecular formula is C14H22N2O2. The fourth-order valence-corrected chi connectivity index (χ4v) is 1.91. The van der Waals surface area contributed by atoms with Gasteiger partial charge in [-0.15, -0.1) is 0 Å². The van der Waals surface area contributed by atoms with Gasteiger partial charge >= 0.3 is 0 Å². The normalized spacial score (nSPS) is 10.2. The van der Waals surface area contributed by atoms with Gasteiger partial charge in [0.1, 0.15) is 5.75 Å². The summed E-state index contributed by atoms with van der Waals surface area (Å²) in [5.41, 5.74) is 8.69. The van der Waals surface area contributed by atoms with Gasteiger partial charge in [-0.05, 0) is 44.0 Å². The number of aryl methyl sites for hydroxylation is 2. The molecule has 0 heterocycles. The van der Waals surface area contributed by atoms with Gasteiger partial charge in [0.15, 0.2) is 0 Å². The summed E-state index contributed by atoms with van der Waals surface area (Å²) in [5, 5.41) is 2.89. The van der Waals surface area contributed by atoms with Crippen LogP contribution in [-0.4, -0.2) is 19.6 Å². The minimum absolute atomic E-state index is 0.0301. The fourth-order valence-electron chi connectivity index (χ4n) is 1.91. The Hall–Kier alpha value is -1.55. The van der Waals surface area contributed by atoms with Gasteiger partial charge in [0.05, 0.1) is 7.11 Å². The molecule has 0 bridgehead atoms. The highest BCUT2D eigenvalue weighted by Crippen LogP contribution is 2.23. The Labute approximate surface area is 109 Å². The maximum absolute atomic E-state index is 11.5. The van der Waals surface area contributed by atoms with Crippen LogP contribution in [0.1, 0.15) is 29.5 Å². The van der Waals surface area contributed by atoms with Gasteiger partial charge in [0.25, 0.3) is 0 Å². The van der Waals surface area contributed by atoms with Gasteiger partial charge in [-0.1, -0.05) is 6.07 Å². The molecule has 0 atom stereocenters. The third kappa shape index (κ3) is 4.04. The van der Waals surface area contributed by atoms with Crippen LogP contribution in [-0.2, 0) is 11.3 Å². The highest BCUT2D eigenvalue weighted by molar-refractivity contribution is 5.76. The largest absolute Gasteiger partial charge is 0.496 e. The smallest absolute Gasteiger partial charge is 0.220 e. The first kappa shape index (κ1) is 14.5. The van der Waals surface area contributed by atoms with E-state index in [0.717, 1.165) is 28.9 Å². The maximum Gasteiger partial charge on any atom is 0.220 e. The zero-order valence-corrected chi connectivity index (χ0v) is 11.4. The molecule has 1 aromatic rings. The van der Waals surface area contributed by atoms with E-state index in [-0.39, 0.29) is 5.91 Å². The zero-order valence-electron chi connectivity index (χ0n) is 11.4. The van der Waals surface area contributed by atoms with Crippen molar-refractivity contribution >= 4 is 5.91 Å². The van der Waals surface area contributed by atoms with E-state index in [1.807, 2.05) is 19.9 Å². The maximum atomic E-state index is 11.5. The summed E-state index contributed by atoms with van der Waals surface area (Å²) in [6.07, 6.45) is 1.19. The highest BCUT2D eigenvalue weighted by atomic mass is 16.5. The van der Waals surface area contributed by atoms with Crippen molar-refractivity contribution in [3.8, 4) is 5.75 Å². The number of nitrogens with two attached hydrogens (primary N) is 1. The summed E-state index contributed by atoms with van der Waals surface area (Å²) in [6, 6.07) is 4.07. The number of hydrogen-bond donors (Lipinski definition) is 2. The van der Waals surface area contributed by atoms with E-state index in [9.17, 15) is 4.79 Å². The number of rotatable bonds is 6. The summed E-state index contributed by atoms with van der Waals surface area (Å²) >= 11 is 0. The number of ether oxygens (including phenoxy) is 1. The number of amides is 1. The van der Waals surface area contributed by atoms with E-state index in [0.29, 0.717) is 19.5 Å². The number of carbonyl (C=O) groups excluding carboxylic acids is 1. The number of carbonyl (C=O) groups is 1. The van der Waals surface area contributed by atoms with Crippen molar-refractivity contribution in [2.75, 3.05) is 13.7 Å². The third-order valence-electron chi connectivity index (χ3n) is 2.87. The van der Waals surface area contributed by atoms with Crippen LogP contribution >= 0.6 is 0 Å². The molecule has 0 radical (unpaired) electrons. The van der Waals surface area contributed by atoms with Crippen molar-refractivity contribution in [2.24, 2.45) is 5.73 Å². The molecule has 0 aliphatic heterocycles. The molecule has 0 spiro atoms. The summed E-state index contributed by atoms with van der Waals surface area (Å²) < 4.78 is 5.35. The monoisotopic (exact) mass is 250 g/mol. The van der Waals surface area contributed by atoms with Crippen molar-refractivity contribution in [2.45, 2.75) is 33.2 Å².